The summed E-state index contributed by atoms with van der Waals surface area (Å²) in [6, 6.07) is 10.0. The summed E-state index contributed by atoms with van der Waals surface area (Å²) in [7, 11) is 0. The zero-order valence-electron chi connectivity index (χ0n) is 16.3. The topological polar surface area (TPSA) is 60.4 Å². The van der Waals surface area contributed by atoms with Gasteiger partial charge in [-0.25, -0.2) is 13.8 Å². The SMILES string of the molecule is O=[N+]([O-])c1cccc(-c2csc(=Nc3ccc(F)cc3F)n2C2CCCCCC2)c1. The largest absolute Gasteiger partial charge is 0.313 e. The van der Waals surface area contributed by atoms with Gasteiger partial charge in [-0.15, -0.1) is 11.3 Å². The van der Waals surface area contributed by atoms with Crippen molar-refractivity contribution in [2.45, 2.75) is 44.6 Å². The van der Waals surface area contributed by atoms with E-state index in [1.54, 1.807) is 12.1 Å². The lowest BCUT2D eigenvalue weighted by molar-refractivity contribution is -0.384. The van der Waals surface area contributed by atoms with Crippen molar-refractivity contribution < 1.29 is 13.7 Å². The summed E-state index contributed by atoms with van der Waals surface area (Å²) < 4.78 is 29.6. The number of nitro groups is 1. The second-order valence-electron chi connectivity index (χ2n) is 7.43. The Hall–Kier alpha value is -2.87. The minimum absolute atomic E-state index is 0.0224. The molecular weight excluding hydrogens is 408 g/mol. The Morgan fingerprint density at radius 2 is 1.83 bits per heavy atom. The highest BCUT2D eigenvalue weighted by molar-refractivity contribution is 7.07. The summed E-state index contributed by atoms with van der Waals surface area (Å²) in [6.45, 7) is 0. The number of thiazole rings is 1. The van der Waals surface area contributed by atoms with Crippen LogP contribution in [-0.2, 0) is 0 Å². The minimum atomic E-state index is -0.715. The van der Waals surface area contributed by atoms with E-state index in [0.29, 0.717) is 4.80 Å². The van der Waals surface area contributed by atoms with E-state index in [1.807, 2.05) is 11.4 Å². The molecule has 0 radical (unpaired) electrons. The highest BCUT2D eigenvalue weighted by Crippen LogP contribution is 2.33. The highest BCUT2D eigenvalue weighted by Gasteiger charge is 2.21. The Morgan fingerprint density at radius 1 is 1.07 bits per heavy atom. The Bertz CT molecular complexity index is 1130. The third-order valence-corrected chi connectivity index (χ3v) is 6.25. The Kier molecular flexibility index (Phi) is 6.03. The Morgan fingerprint density at radius 3 is 2.53 bits per heavy atom. The molecule has 0 unspecified atom stereocenters. The number of nitro benzene ring substituents is 1. The molecule has 8 heteroatoms. The average molecular weight is 429 g/mol. The fraction of sp³-hybridized carbons (Fsp3) is 0.318. The predicted molar refractivity (Wildman–Crippen MR) is 113 cm³/mol. The van der Waals surface area contributed by atoms with Crippen molar-refractivity contribution in [1.29, 1.82) is 0 Å². The number of hydrogen-bond acceptors (Lipinski definition) is 4. The van der Waals surface area contributed by atoms with E-state index in [4.69, 9.17) is 0 Å². The van der Waals surface area contributed by atoms with E-state index in [-0.39, 0.29) is 17.4 Å². The third kappa shape index (κ3) is 4.33. The van der Waals surface area contributed by atoms with Crippen molar-refractivity contribution in [1.82, 2.24) is 4.57 Å². The van der Waals surface area contributed by atoms with Crippen LogP contribution in [0.5, 0.6) is 0 Å². The highest BCUT2D eigenvalue weighted by atomic mass is 32.1. The molecule has 2 aromatic carbocycles. The van der Waals surface area contributed by atoms with Gasteiger partial charge in [-0.2, -0.15) is 0 Å². The average Bonchev–Trinajstić information content (AvgIpc) is 2.95. The molecule has 0 saturated heterocycles. The first-order valence-corrected chi connectivity index (χ1v) is 10.9. The smallest absolute Gasteiger partial charge is 0.270 e. The molecule has 1 heterocycles. The van der Waals surface area contributed by atoms with E-state index in [2.05, 4.69) is 9.56 Å². The van der Waals surface area contributed by atoms with Gasteiger partial charge >= 0.3 is 0 Å². The lowest BCUT2D eigenvalue weighted by Gasteiger charge is -2.20. The second kappa shape index (κ2) is 8.87. The number of benzene rings is 2. The molecule has 1 fully saturated rings. The molecule has 0 spiro atoms. The fourth-order valence-corrected chi connectivity index (χ4v) is 4.91. The van der Waals surface area contributed by atoms with Crippen LogP contribution in [0.2, 0.25) is 0 Å². The van der Waals surface area contributed by atoms with Crippen LogP contribution in [0.1, 0.15) is 44.6 Å². The maximum absolute atomic E-state index is 14.2. The standard InChI is InChI=1S/C22H21F2N3O2S/c23-16-10-11-20(19(24)13-16)25-22-26(17-7-3-1-2-4-8-17)21(14-30-22)15-6-5-9-18(12-15)27(28)29/h5-6,9-14,17H,1-4,7-8H2. The van der Waals surface area contributed by atoms with Gasteiger partial charge in [0, 0.05) is 35.2 Å². The first-order chi connectivity index (χ1) is 14.5. The number of aromatic nitrogens is 1. The molecule has 156 valence electrons. The summed E-state index contributed by atoms with van der Waals surface area (Å²) in [5.74, 6) is -1.36. The van der Waals surface area contributed by atoms with Crippen LogP contribution < -0.4 is 4.80 Å². The first kappa shape index (κ1) is 20.4. The summed E-state index contributed by atoms with van der Waals surface area (Å²) in [4.78, 5) is 15.9. The van der Waals surface area contributed by atoms with Gasteiger partial charge in [0.1, 0.15) is 11.5 Å². The molecule has 1 aromatic heterocycles. The molecule has 1 saturated carbocycles. The number of nitrogens with zero attached hydrogens (tertiary/aromatic N) is 3. The Labute approximate surface area is 176 Å². The van der Waals surface area contributed by atoms with Crippen molar-refractivity contribution >= 4 is 22.7 Å². The molecule has 0 N–H and O–H groups in total. The van der Waals surface area contributed by atoms with Crippen molar-refractivity contribution in [2.75, 3.05) is 0 Å². The van der Waals surface area contributed by atoms with Crippen molar-refractivity contribution in [3.05, 3.63) is 74.4 Å². The molecule has 0 amide bonds. The fourth-order valence-electron chi connectivity index (χ4n) is 3.94. The predicted octanol–water partition coefficient (Wildman–Crippen LogP) is 6.53. The molecule has 30 heavy (non-hydrogen) atoms. The summed E-state index contributed by atoms with van der Waals surface area (Å²) in [5, 5.41) is 13.1. The molecule has 0 atom stereocenters. The van der Waals surface area contributed by atoms with Crippen molar-refractivity contribution in [3.8, 4) is 11.3 Å². The first-order valence-electron chi connectivity index (χ1n) is 9.97. The van der Waals surface area contributed by atoms with E-state index >= 15 is 0 Å². The maximum atomic E-state index is 14.2. The Balaban J connectivity index is 1.88. The van der Waals surface area contributed by atoms with Crippen LogP contribution in [0.15, 0.2) is 52.8 Å². The monoisotopic (exact) mass is 429 g/mol. The minimum Gasteiger partial charge on any atom is -0.313 e. The lowest BCUT2D eigenvalue weighted by Crippen LogP contribution is -2.21. The van der Waals surface area contributed by atoms with Crippen LogP contribution >= 0.6 is 11.3 Å². The molecule has 5 nitrogen and oxygen atoms in total. The molecule has 1 aliphatic rings. The van der Waals surface area contributed by atoms with E-state index < -0.39 is 16.6 Å². The van der Waals surface area contributed by atoms with Crippen molar-refractivity contribution in [2.24, 2.45) is 4.99 Å². The molecule has 0 aliphatic heterocycles. The van der Waals surface area contributed by atoms with Crippen LogP contribution in [0.3, 0.4) is 0 Å². The summed E-state index contributed by atoms with van der Waals surface area (Å²) in [6.07, 6.45) is 6.47. The lowest BCUT2D eigenvalue weighted by atomic mass is 10.1. The normalized spacial score (nSPS) is 15.9. The van der Waals surface area contributed by atoms with Gasteiger partial charge in [-0.05, 0) is 25.0 Å². The van der Waals surface area contributed by atoms with Crippen LogP contribution in [-0.4, -0.2) is 9.49 Å². The molecular formula is C22H21F2N3O2S. The van der Waals surface area contributed by atoms with Gasteiger partial charge in [-0.1, -0.05) is 37.8 Å². The number of hydrogen-bond donors (Lipinski definition) is 0. The van der Waals surface area contributed by atoms with E-state index in [9.17, 15) is 18.9 Å². The quantitative estimate of drug-likeness (QED) is 0.269. The van der Waals surface area contributed by atoms with E-state index in [1.165, 1.54) is 42.4 Å². The maximum Gasteiger partial charge on any atom is 0.270 e. The van der Waals surface area contributed by atoms with Gasteiger partial charge in [0.25, 0.3) is 5.69 Å². The number of non-ortho nitro benzene ring substituents is 1. The zero-order valence-corrected chi connectivity index (χ0v) is 17.1. The molecule has 4 rings (SSSR count). The third-order valence-electron chi connectivity index (χ3n) is 5.41. The molecule has 3 aromatic rings. The summed E-state index contributed by atoms with van der Waals surface area (Å²) >= 11 is 1.36. The van der Waals surface area contributed by atoms with E-state index in [0.717, 1.165) is 43.0 Å². The van der Waals surface area contributed by atoms with Crippen molar-refractivity contribution in [3.63, 3.8) is 0 Å². The van der Waals surface area contributed by atoms with Gasteiger partial charge in [0.05, 0.1) is 10.6 Å². The summed E-state index contributed by atoms with van der Waals surface area (Å²) in [5.41, 5.74) is 1.66. The van der Waals surface area contributed by atoms with Crippen LogP contribution in [0.25, 0.3) is 11.3 Å². The van der Waals surface area contributed by atoms with Gasteiger partial charge in [0.15, 0.2) is 10.6 Å². The molecule has 0 bridgehead atoms. The molecule has 1 aliphatic carbocycles. The number of rotatable bonds is 4. The zero-order chi connectivity index (χ0) is 21.1. The van der Waals surface area contributed by atoms with Gasteiger partial charge < -0.3 is 4.57 Å². The van der Waals surface area contributed by atoms with Crippen LogP contribution in [0, 0.1) is 21.7 Å². The number of halogens is 2. The van der Waals surface area contributed by atoms with Gasteiger partial charge in [0.2, 0.25) is 0 Å². The van der Waals surface area contributed by atoms with Gasteiger partial charge in [-0.3, -0.25) is 10.1 Å². The van der Waals surface area contributed by atoms with Crippen LogP contribution in [0.4, 0.5) is 20.2 Å². The second-order valence-corrected chi connectivity index (χ2v) is 8.27.